The van der Waals surface area contributed by atoms with Crippen molar-refractivity contribution in [2.45, 2.75) is 18.2 Å². The molecule has 0 spiro atoms. The summed E-state index contributed by atoms with van der Waals surface area (Å²) in [6.45, 7) is 0.383. The maximum absolute atomic E-state index is 13.5. The molecule has 2 heterocycles. The first kappa shape index (κ1) is 21.9. The Kier molecular flexibility index (Phi) is 6.43. The number of ether oxygens (including phenoxy) is 1. The van der Waals surface area contributed by atoms with E-state index < -0.39 is 10.0 Å². The number of benzene rings is 2. The quantitative estimate of drug-likeness (QED) is 0.382. The summed E-state index contributed by atoms with van der Waals surface area (Å²) in [5.74, 6) is 0.533. The summed E-state index contributed by atoms with van der Waals surface area (Å²) in [6.07, 6.45) is 3.29. The summed E-state index contributed by atoms with van der Waals surface area (Å²) in [7, 11) is -2.25. The molecule has 4 aromatic rings. The van der Waals surface area contributed by atoms with Crippen molar-refractivity contribution in [1.82, 2.24) is 14.8 Å². The predicted octanol–water partition coefficient (Wildman–Crippen LogP) is 4.44. The van der Waals surface area contributed by atoms with Crippen LogP contribution in [0.15, 0.2) is 90.2 Å². The van der Waals surface area contributed by atoms with Crippen LogP contribution in [-0.2, 0) is 30.2 Å². The average Bonchev–Trinajstić information content (AvgIpc) is 3.25. The van der Waals surface area contributed by atoms with E-state index in [1.807, 2.05) is 18.2 Å². The van der Waals surface area contributed by atoms with Gasteiger partial charge in [0.05, 0.1) is 17.9 Å². The van der Waals surface area contributed by atoms with Gasteiger partial charge in [-0.1, -0.05) is 35.9 Å². The van der Waals surface area contributed by atoms with E-state index in [9.17, 15) is 8.42 Å². The third-order valence-corrected chi connectivity index (χ3v) is 6.62. The topological polar surface area (TPSA) is 77.3 Å². The second kappa shape index (κ2) is 9.42. The maximum Gasteiger partial charge on any atom is 0.283 e. The SMILES string of the molecule is Cn1ccc(S(=O)(=O)N(Cc2ccc(Cl)cc2)c2cccc(OCc3ccccn3)c2)n1. The van der Waals surface area contributed by atoms with E-state index in [-0.39, 0.29) is 18.2 Å². The minimum atomic E-state index is -3.92. The zero-order valence-electron chi connectivity index (χ0n) is 17.3. The standard InChI is InChI=1S/C23H21ClN4O3S/c1-27-14-12-23(26-27)32(29,30)28(16-18-8-10-19(24)11-9-18)21-6-4-7-22(15-21)31-17-20-5-2-3-13-25-20/h2-15H,16-17H2,1H3. The Morgan fingerprint density at radius 2 is 1.84 bits per heavy atom. The molecular weight excluding hydrogens is 448 g/mol. The number of sulfonamides is 1. The van der Waals surface area contributed by atoms with Crippen LogP contribution in [-0.4, -0.2) is 23.2 Å². The van der Waals surface area contributed by atoms with Gasteiger partial charge in [-0.2, -0.15) is 13.5 Å². The van der Waals surface area contributed by atoms with Crippen LogP contribution in [0.4, 0.5) is 5.69 Å². The van der Waals surface area contributed by atoms with Crippen molar-refractivity contribution in [3.8, 4) is 5.75 Å². The van der Waals surface area contributed by atoms with E-state index in [1.54, 1.807) is 68.0 Å². The normalized spacial score (nSPS) is 11.3. The Balaban J connectivity index is 1.67. The molecule has 0 fully saturated rings. The lowest BCUT2D eigenvalue weighted by molar-refractivity contribution is 0.301. The Morgan fingerprint density at radius 1 is 1.03 bits per heavy atom. The molecule has 0 atom stereocenters. The molecule has 0 saturated carbocycles. The van der Waals surface area contributed by atoms with Crippen molar-refractivity contribution in [2.75, 3.05) is 4.31 Å². The van der Waals surface area contributed by atoms with Gasteiger partial charge in [-0.15, -0.1) is 0 Å². The van der Waals surface area contributed by atoms with Crippen LogP contribution < -0.4 is 9.04 Å². The molecule has 164 valence electrons. The zero-order chi connectivity index (χ0) is 22.6. The molecular formula is C23H21ClN4O3S. The first-order valence-corrected chi connectivity index (χ1v) is 11.6. The van der Waals surface area contributed by atoms with Gasteiger partial charge < -0.3 is 4.74 Å². The van der Waals surface area contributed by atoms with Crippen LogP contribution in [0.5, 0.6) is 5.75 Å². The predicted molar refractivity (Wildman–Crippen MR) is 123 cm³/mol. The lowest BCUT2D eigenvalue weighted by Crippen LogP contribution is -2.31. The molecule has 2 aromatic carbocycles. The number of aryl methyl sites for hydroxylation is 1. The van der Waals surface area contributed by atoms with Gasteiger partial charge in [0.2, 0.25) is 0 Å². The Bertz CT molecular complexity index is 1290. The van der Waals surface area contributed by atoms with E-state index in [2.05, 4.69) is 10.1 Å². The summed E-state index contributed by atoms with van der Waals surface area (Å²) in [5.41, 5.74) is 2.02. The number of pyridine rings is 1. The summed E-state index contributed by atoms with van der Waals surface area (Å²) >= 11 is 5.99. The molecule has 0 aliphatic rings. The molecule has 2 aromatic heterocycles. The molecule has 9 heteroatoms. The van der Waals surface area contributed by atoms with Gasteiger partial charge in [0, 0.05) is 30.5 Å². The van der Waals surface area contributed by atoms with Crippen LogP contribution in [0.3, 0.4) is 0 Å². The largest absolute Gasteiger partial charge is 0.487 e. The van der Waals surface area contributed by atoms with E-state index in [4.69, 9.17) is 16.3 Å². The highest BCUT2D eigenvalue weighted by molar-refractivity contribution is 7.92. The number of halogens is 1. The van der Waals surface area contributed by atoms with Crippen LogP contribution in [0, 0.1) is 0 Å². The second-order valence-corrected chi connectivity index (χ2v) is 9.32. The Labute approximate surface area is 191 Å². The van der Waals surface area contributed by atoms with Crippen molar-refractivity contribution in [3.05, 3.63) is 101 Å². The first-order valence-electron chi connectivity index (χ1n) is 9.81. The van der Waals surface area contributed by atoms with Crippen molar-refractivity contribution in [3.63, 3.8) is 0 Å². The van der Waals surface area contributed by atoms with E-state index in [1.165, 1.54) is 15.1 Å². The minimum absolute atomic E-state index is 0.0335. The zero-order valence-corrected chi connectivity index (χ0v) is 18.9. The van der Waals surface area contributed by atoms with E-state index >= 15 is 0 Å². The highest BCUT2D eigenvalue weighted by Crippen LogP contribution is 2.29. The number of aromatic nitrogens is 3. The fraction of sp³-hybridized carbons (Fsp3) is 0.130. The lowest BCUT2D eigenvalue weighted by Gasteiger charge is -2.24. The minimum Gasteiger partial charge on any atom is -0.487 e. The molecule has 0 N–H and O–H groups in total. The van der Waals surface area contributed by atoms with Crippen molar-refractivity contribution in [1.29, 1.82) is 0 Å². The molecule has 0 saturated heterocycles. The van der Waals surface area contributed by atoms with Gasteiger partial charge in [-0.05, 0) is 48.0 Å². The highest BCUT2D eigenvalue weighted by Gasteiger charge is 2.28. The molecule has 0 aliphatic heterocycles. The summed E-state index contributed by atoms with van der Waals surface area (Å²) < 4.78 is 35.6. The van der Waals surface area contributed by atoms with Crippen LogP contribution in [0.25, 0.3) is 0 Å². The van der Waals surface area contributed by atoms with E-state index in [0.29, 0.717) is 16.5 Å². The molecule has 32 heavy (non-hydrogen) atoms. The van der Waals surface area contributed by atoms with Gasteiger partial charge in [0.1, 0.15) is 12.4 Å². The maximum atomic E-state index is 13.5. The number of rotatable bonds is 8. The molecule has 0 amide bonds. The fourth-order valence-corrected chi connectivity index (χ4v) is 4.61. The molecule has 0 radical (unpaired) electrons. The summed E-state index contributed by atoms with van der Waals surface area (Å²) in [6, 6.07) is 21.1. The molecule has 7 nitrogen and oxygen atoms in total. The van der Waals surface area contributed by atoms with Gasteiger partial charge in [0.15, 0.2) is 5.03 Å². The molecule has 0 aliphatic carbocycles. The number of hydrogen-bond donors (Lipinski definition) is 0. The molecule has 0 unspecified atom stereocenters. The van der Waals surface area contributed by atoms with Crippen molar-refractivity contribution < 1.29 is 13.2 Å². The van der Waals surface area contributed by atoms with Crippen molar-refractivity contribution >= 4 is 27.3 Å². The average molecular weight is 469 g/mol. The van der Waals surface area contributed by atoms with Crippen LogP contribution in [0.2, 0.25) is 5.02 Å². The van der Waals surface area contributed by atoms with Gasteiger partial charge in [-0.3, -0.25) is 14.0 Å². The third kappa shape index (κ3) is 5.09. The van der Waals surface area contributed by atoms with Crippen LogP contribution in [0.1, 0.15) is 11.3 Å². The monoisotopic (exact) mass is 468 g/mol. The third-order valence-electron chi connectivity index (χ3n) is 4.70. The second-order valence-electron chi connectivity index (χ2n) is 7.07. The Morgan fingerprint density at radius 3 is 2.53 bits per heavy atom. The summed E-state index contributed by atoms with van der Waals surface area (Å²) in [4.78, 5) is 4.24. The smallest absolute Gasteiger partial charge is 0.283 e. The summed E-state index contributed by atoms with van der Waals surface area (Å²) in [5, 5.41) is 4.66. The lowest BCUT2D eigenvalue weighted by atomic mass is 10.2. The van der Waals surface area contributed by atoms with Gasteiger partial charge in [-0.25, -0.2) is 0 Å². The molecule has 4 rings (SSSR count). The van der Waals surface area contributed by atoms with Gasteiger partial charge >= 0.3 is 0 Å². The fourth-order valence-electron chi connectivity index (χ4n) is 3.08. The Hall–Kier alpha value is -3.36. The van der Waals surface area contributed by atoms with E-state index in [0.717, 1.165) is 11.3 Å². The number of nitrogens with zero attached hydrogens (tertiary/aromatic N) is 4. The van der Waals surface area contributed by atoms with Gasteiger partial charge in [0.25, 0.3) is 10.0 Å². The van der Waals surface area contributed by atoms with Crippen molar-refractivity contribution in [2.24, 2.45) is 7.05 Å². The first-order chi connectivity index (χ1) is 15.4. The number of anilines is 1. The highest BCUT2D eigenvalue weighted by atomic mass is 35.5. The van der Waals surface area contributed by atoms with Crippen LogP contribution >= 0.6 is 11.6 Å². The number of hydrogen-bond acceptors (Lipinski definition) is 5. The molecule has 0 bridgehead atoms.